The molecule has 0 spiro atoms. The normalized spacial score (nSPS) is 12.8. The van der Waals surface area contributed by atoms with Crippen LogP contribution in [0.25, 0.3) is 0 Å². The van der Waals surface area contributed by atoms with Crippen LogP contribution in [0.3, 0.4) is 0 Å². The summed E-state index contributed by atoms with van der Waals surface area (Å²) in [5.41, 5.74) is -1.23. The Hall–Kier alpha value is -1.20. The Bertz CT molecular complexity index is 502. The molecular formula is C14H18ClNO3S. The molecule has 20 heavy (non-hydrogen) atoms. The molecule has 1 unspecified atom stereocenters. The SMILES string of the molecule is CC(Sc1ccc(Cl)cc1)C(=O)N(C)C(C)(C)C(=O)O. The topological polar surface area (TPSA) is 57.6 Å². The zero-order valence-corrected chi connectivity index (χ0v) is 13.5. The summed E-state index contributed by atoms with van der Waals surface area (Å²) in [7, 11) is 1.51. The molecule has 0 fully saturated rings. The van der Waals surface area contributed by atoms with Crippen molar-refractivity contribution in [1.29, 1.82) is 0 Å². The minimum absolute atomic E-state index is 0.225. The first-order valence-corrected chi connectivity index (χ1v) is 7.35. The minimum Gasteiger partial charge on any atom is -0.480 e. The summed E-state index contributed by atoms with van der Waals surface area (Å²) < 4.78 is 0. The Labute approximate surface area is 128 Å². The maximum absolute atomic E-state index is 12.3. The number of carbonyl (C=O) groups excluding carboxylic acids is 1. The van der Waals surface area contributed by atoms with Crippen LogP contribution in [0, 0.1) is 0 Å². The van der Waals surface area contributed by atoms with Gasteiger partial charge in [-0.25, -0.2) is 4.79 Å². The summed E-state index contributed by atoms with van der Waals surface area (Å²) >= 11 is 7.18. The fourth-order valence-electron chi connectivity index (χ4n) is 1.46. The molecule has 0 aromatic heterocycles. The van der Waals surface area contributed by atoms with E-state index >= 15 is 0 Å². The first-order chi connectivity index (χ1) is 9.16. The summed E-state index contributed by atoms with van der Waals surface area (Å²) in [6.07, 6.45) is 0. The highest BCUT2D eigenvalue weighted by Crippen LogP contribution is 2.27. The lowest BCUT2D eigenvalue weighted by Crippen LogP contribution is -2.52. The quantitative estimate of drug-likeness (QED) is 0.848. The highest BCUT2D eigenvalue weighted by atomic mass is 35.5. The Morgan fingerprint density at radius 1 is 1.30 bits per heavy atom. The summed E-state index contributed by atoms with van der Waals surface area (Å²) in [6.45, 7) is 4.77. The molecule has 0 saturated carbocycles. The van der Waals surface area contributed by atoms with Gasteiger partial charge in [0.1, 0.15) is 5.54 Å². The molecule has 6 heteroatoms. The van der Waals surface area contributed by atoms with E-state index in [0.717, 1.165) is 4.90 Å². The smallest absolute Gasteiger partial charge is 0.329 e. The van der Waals surface area contributed by atoms with E-state index in [0.29, 0.717) is 5.02 Å². The molecule has 1 N–H and O–H groups in total. The molecule has 1 aromatic carbocycles. The second-order valence-electron chi connectivity index (χ2n) is 4.98. The third-order valence-electron chi connectivity index (χ3n) is 3.17. The molecule has 4 nitrogen and oxygen atoms in total. The second-order valence-corrected chi connectivity index (χ2v) is 6.83. The molecule has 0 aliphatic heterocycles. The Kier molecular flexibility index (Phi) is 5.48. The van der Waals surface area contributed by atoms with E-state index in [-0.39, 0.29) is 11.2 Å². The zero-order chi connectivity index (χ0) is 15.5. The predicted molar refractivity (Wildman–Crippen MR) is 81.3 cm³/mol. The number of rotatable bonds is 5. The van der Waals surface area contributed by atoms with Crippen LogP contribution in [0.1, 0.15) is 20.8 Å². The highest BCUT2D eigenvalue weighted by molar-refractivity contribution is 8.00. The van der Waals surface area contributed by atoms with Crippen LogP contribution in [-0.4, -0.2) is 39.7 Å². The number of amides is 1. The van der Waals surface area contributed by atoms with Gasteiger partial charge in [0.25, 0.3) is 0 Å². The summed E-state index contributed by atoms with van der Waals surface area (Å²) in [5.74, 6) is -1.26. The number of carbonyl (C=O) groups is 2. The van der Waals surface area contributed by atoms with Gasteiger partial charge in [0.15, 0.2) is 0 Å². The number of hydrogen-bond donors (Lipinski definition) is 1. The number of benzene rings is 1. The zero-order valence-electron chi connectivity index (χ0n) is 11.9. The van der Waals surface area contributed by atoms with E-state index in [9.17, 15) is 9.59 Å². The molecule has 0 aliphatic rings. The number of likely N-dealkylation sites (N-methyl/N-ethyl adjacent to an activating group) is 1. The van der Waals surface area contributed by atoms with Gasteiger partial charge in [-0.15, -0.1) is 11.8 Å². The molecule has 1 rings (SSSR count). The van der Waals surface area contributed by atoms with Gasteiger partial charge in [0, 0.05) is 17.0 Å². The van der Waals surface area contributed by atoms with Gasteiger partial charge in [-0.1, -0.05) is 11.6 Å². The van der Waals surface area contributed by atoms with Crippen LogP contribution < -0.4 is 0 Å². The monoisotopic (exact) mass is 315 g/mol. The van der Waals surface area contributed by atoms with Crippen molar-refractivity contribution in [2.75, 3.05) is 7.05 Å². The van der Waals surface area contributed by atoms with Crippen molar-refractivity contribution >= 4 is 35.2 Å². The van der Waals surface area contributed by atoms with Gasteiger partial charge in [-0.2, -0.15) is 0 Å². The maximum atomic E-state index is 12.3. The Morgan fingerprint density at radius 3 is 2.25 bits per heavy atom. The van der Waals surface area contributed by atoms with Crippen LogP contribution in [-0.2, 0) is 9.59 Å². The Balaban J connectivity index is 2.77. The third-order valence-corrected chi connectivity index (χ3v) is 4.52. The van der Waals surface area contributed by atoms with Crippen molar-refractivity contribution in [3.05, 3.63) is 29.3 Å². The average molecular weight is 316 g/mol. The summed E-state index contributed by atoms with van der Waals surface area (Å²) in [6, 6.07) is 7.18. The molecule has 0 radical (unpaired) electrons. The lowest BCUT2D eigenvalue weighted by molar-refractivity contribution is -0.155. The fraction of sp³-hybridized carbons (Fsp3) is 0.429. The van der Waals surface area contributed by atoms with Gasteiger partial charge in [-0.3, -0.25) is 4.79 Å². The first kappa shape index (κ1) is 16.9. The average Bonchev–Trinajstić information content (AvgIpc) is 2.39. The molecule has 1 amide bonds. The summed E-state index contributed by atoms with van der Waals surface area (Å²) in [4.78, 5) is 25.6. The molecular weight excluding hydrogens is 298 g/mol. The predicted octanol–water partition coefficient (Wildman–Crippen LogP) is 3.14. The van der Waals surface area contributed by atoms with Crippen molar-refractivity contribution in [3.63, 3.8) is 0 Å². The number of halogens is 1. The van der Waals surface area contributed by atoms with E-state index in [2.05, 4.69) is 0 Å². The number of thioether (sulfide) groups is 1. The second kappa shape index (κ2) is 6.50. The summed E-state index contributed by atoms with van der Waals surface area (Å²) in [5, 5.41) is 9.41. The van der Waals surface area contributed by atoms with Crippen LogP contribution in [0.4, 0.5) is 0 Å². The van der Waals surface area contributed by atoms with Crippen molar-refractivity contribution in [2.24, 2.45) is 0 Å². The van der Waals surface area contributed by atoms with Gasteiger partial charge >= 0.3 is 5.97 Å². The fourth-order valence-corrected chi connectivity index (χ4v) is 2.55. The number of nitrogens with zero attached hydrogens (tertiary/aromatic N) is 1. The molecule has 0 saturated heterocycles. The lowest BCUT2D eigenvalue weighted by atomic mass is 10.0. The van der Waals surface area contributed by atoms with Gasteiger partial charge in [0.05, 0.1) is 5.25 Å². The van der Waals surface area contributed by atoms with E-state index in [4.69, 9.17) is 16.7 Å². The van der Waals surface area contributed by atoms with Gasteiger partial charge in [-0.05, 0) is 45.0 Å². The molecule has 1 aromatic rings. The Morgan fingerprint density at radius 2 is 1.80 bits per heavy atom. The van der Waals surface area contributed by atoms with Crippen molar-refractivity contribution in [2.45, 2.75) is 36.5 Å². The van der Waals surface area contributed by atoms with Crippen molar-refractivity contribution in [3.8, 4) is 0 Å². The number of carboxylic acid groups (broad SMARTS) is 1. The molecule has 0 bridgehead atoms. The third kappa shape index (κ3) is 3.90. The number of hydrogen-bond acceptors (Lipinski definition) is 3. The van der Waals surface area contributed by atoms with Crippen LogP contribution >= 0.6 is 23.4 Å². The van der Waals surface area contributed by atoms with E-state index in [1.807, 2.05) is 12.1 Å². The highest BCUT2D eigenvalue weighted by Gasteiger charge is 2.36. The van der Waals surface area contributed by atoms with Crippen molar-refractivity contribution in [1.82, 2.24) is 4.90 Å². The standard InChI is InChI=1S/C14H18ClNO3S/c1-9(20-11-7-5-10(15)6-8-11)12(17)16(4)14(2,3)13(18)19/h5-9H,1-4H3,(H,18,19). The minimum atomic E-state index is -1.23. The molecule has 110 valence electrons. The first-order valence-electron chi connectivity index (χ1n) is 6.09. The van der Waals surface area contributed by atoms with Gasteiger partial charge < -0.3 is 10.0 Å². The van der Waals surface area contributed by atoms with Gasteiger partial charge in [0.2, 0.25) is 5.91 Å². The maximum Gasteiger partial charge on any atom is 0.329 e. The number of aliphatic carboxylic acids is 1. The van der Waals surface area contributed by atoms with Crippen molar-refractivity contribution < 1.29 is 14.7 Å². The van der Waals surface area contributed by atoms with E-state index < -0.39 is 11.5 Å². The molecule has 0 aliphatic carbocycles. The van der Waals surface area contributed by atoms with Crippen LogP contribution in [0.15, 0.2) is 29.2 Å². The largest absolute Gasteiger partial charge is 0.480 e. The van der Waals surface area contributed by atoms with Crippen LogP contribution in [0.2, 0.25) is 5.02 Å². The van der Waals surface area contributed by atoms with E-state index in [1.54, 1.807) is 19.1 Å². The lowest BCUT2D eigenvalue weighted by Gasteiger charge is -2.33. The van der Waals surface area contributed by atoms with E-state index in [1.165, 1.54) is 37.6 Å². The molecule has 0 heterocycles. The molecule has 1 atom stereocenters. The van der Waals surface area contributed by atoms with Crippen LogP contribution in [0.5, 0.6) is 0 Å². The number of carboxylic acids is 1.